The topological polar surface area (TPSA) is 126 Å². The average molecular weight is 408 g/mol. The Morgan fingerprint density at radius 1 is 1.08 bits per heavy atom. The number of hydrogen-bond acceptors (Lipinski definition) is 5. The van der Waals surface area contributed by atoms with Gasteiger partial charge in [-0.2, -0.15) is 21.3 Å². The zero-order chi connectivity index (χ0) is 19.7. The lowest BCUT2D eigenvalue weighted by Crippen LogP contribution is -2.54. The number of carbonyl (C=O) groups is 1. The second kappa shape index (κ2) is 7.64. The molecule has 0 atom stereocenters. The van der Waals surface area contributed by atoms with E-state index in [0.717, 1.165) is 0 Å². The molecule has 1 saturated heterocycles. The van der Waals surface area contributed by atoms with Crippen molar-refractivity contribution in [2.75, 3.05) is 39.3 Å². The van der Waals surface area contributed by atoms with Crippen LogP contribution < -0.4 is 5.73 Å². The number of sulfonamides is 1. The molecule has 1 aromatic rings. The number of primary amides is 1. The Morgan fingerprint density at radius 3 is 2.00 bits per heavy atom. The van der Waals surface area contributed by atoms with E-state index in [0.29, 0.717) is 13.1 Å². The van der Waals surface area contributed by atoms with Crippen molar-refractivity contribution in [3.63, 3.8) is 0 Å². The van der Waals surface area contributed by atoms with E-state index in [1.807, 2.05) is 0 Å². The molecule has 2 rings (SSSR count). The molecule has 1 fully saturated rings. The van der Waals surface area contributed by atoms with Crippen molar-refractivity contribution in [1.82, 2.24) is 17.5 Å². The maximum Gasteiger partial charge on any atom is 0.282 e. The Labute approximate surface area is 154 Å². The molecule has 1 aromatic heterocycles. The van der Waals surface area contributed by atoms with Gasteiger partial charge >= 0.3 is 0 Å². The quantitative estimate of drug-likeness (QED) is 0.621. The fraction of sp³-hybridized carbons (Fsp3) is 0.643. The Bertz CT molecular complexity index is 866. The van der Waals surface area contributed by atoms with Gasteiger partial charge in [0.25, 0.3) is 16.1 Å². The minimum absolute atomic E-state index is 0.0335. The first-order valence-electron chi connectivity index (χ1n) is 8.27. The molecule has 0 aliphatic carbocycles. The molecular formula is C14H25N5O5S2. The van der Waals surface area contributed by atoms with Gasteiger partial charge in [0.2, 0.25) is 10.0 Å². The highest BCUT2D eigenvalue weighted by atomic mass is 32.2. The SMILES string of the molecule is CCN(CC)S(=O)(=O)N1CCN(S(=O)(=O)c2cc(C(N)=O)n(C)c2)CC1. The molecule has 12 heteroatoms. The number of aryl methyl sites for hydroxylation is 1. The molecule has 0 unspecified atom stereocenters. The molecule has 0 radical (unpaired) electrons. The lowest BCUT2D eigenvalue weighted by Gasteiger charge is -2.35. The summed E-state index contributed by atoms with van der Waals surface area (Å²) >= 11 is 0. The molecule has 148 valence electrons. The van der Waals surface area contributed by atoms with Crippen LogP contribution in [0.15, 0.2) is 17.2 Å². The largest absolute Gasteiger partial charge is 0.364 e. The van der Waals surface area contributed by atoms with Crippen molar-refractivity contribution in [3.05, 3.63) is 18.0 Å². The number of amides is 1. The lowest BCUT2D eigenvalue weighted by molar-refractivity contribution is 0.0992. The van der Waals surface area contributed by atoms with E-state index in [-0.39, 0.29) is 36.8 Å². The fourth-order valence-corrected chi connectivity index (χ4v) is 6.02. The van der Waals surface area contributed by atoms with Gasteiger partial charge in [0.15, 0.2) is 0 Å². The van der Waals surface area contributed by atoms with Crippen molar-refractivity contribution in [3.8, 4) is 0 Å². The summed E-state index contributed by atoms with van der Waals surface area (Å²) in [5.74, 6) is -0.718. The number of aromatic nitrogens is 1. The third-order valence-corrected chi connectivity index (χ3v) is 8.48. The van der Waals surface area contributed by atoms with Gasteiger partial charge in [0, 0.05) is 52.5 Å². The average Bonchev–Trinajstić information content (AvgIpc) is 2.98. The lowest BCUT2D eigenvalue weighted by atomic mass is 10.4. The van der Waals surface area contributed by atoms with Crippen molar-refractivity contribution in [2.24, 2.45) is 12.8 Å². The highest BCUT2D eigenvalue weighted by Gasteiger charge is 2.35. The molecule has 0 saturated carbocycles. The Kier molecular flexibility index (Phi) is 6.13. The number of carbonyl (C=O) groups excluding carboxylic acids is 1. The zero-order valence-electron chi connectivity index (χ0n) is 15.1. The number of nitrogens with zero attached hydrogens (tertiary/aromatic N) is 4. The summed E-state index contributed by atoms with van der Waals surface area (Å²) in [5, 5.41) is 0. The third-order valence-electron chi connectivity index (χ3n) is 4.43. The summed E-state index contributed by atoms with van der Waals surface area (Å²) < 4.78 is 55.8. The highest BCUT2D eigenvalue weighted by molar-refractivity contribution is 7.89. The van der Waals surface area contributed by atoms with Crippen LogP contribution in [-0.4, -0.2) is 79.5 Å². The monoisotopic (exact) mass is 407 g/mol. The van der Waals surface area contributed by atoms with Gasteiger partial charge in [0.1, 0.15) is 10.6 Å². The molecule has 26 heavy (non-hydrogen) atoms. The van der Waals surface area contributed by atoms with Gasteiger partial charge < -0.3 is 10.3 Å². The summed E-state index contributed by atoms with van der Waals surface area (Å²) in [6, 6.07) is 1.23. The summed E-state index contributed by atoms with van der Waals surface area (Å²) in [7, 11) is -5.88. The first-order chi connectivity index (χ1) is 12.1. The van der Waals surface area contributed by atoms with E-state index in [9.17, 15) is 21.6 Å². The van der Waals surface area contributed by atoms with Crippen LogP contribution >= 0.6 is 0 Å². The summed E-state index contributed by atoms with van der Waals surface area (Å²) in [4.78, 5) is 11.3. The molecule has 0 aromatic carbocycles. The predicted octanol–water partition coefficient (Wildman–Crippen LogP) is -0.983. The minimum atomic E-state index is -3.83. The predicted molar refractivity (Wildman–Crippen MR) is 96.1 cm³/mol. The van der Waals surface area contributed by atoms with E-state index in [2.05, 4.69) is 0 Å². The van der Waals surface area contributed by atoms with Crippen LogP contribution in [0.1, 0.15) is 24.3 Å². The molecule has 1 aliphatic heterocycles. The fourth-order valence-electron chi connectivity index (χ4n) is 2.92. The second-order valence-corrected chi connectivity index (χ2v) is 9.80. The van der Waals surface area contributed by atoms with Crippen LogP contribution in [-0.2, 0) is 27.3 Å². The molecule has 0 spiro atoms. The minimum Gasteiger partial charge on any atom is -0.364 e. The van der Waals surface area contributed by atoms with Crippen LogP contribution in [0.4, 0.5) is 0 Å². The Balaban J connectivity index is 2.16. The first kappa shape index (κ1) is 20.8. The number of piperazine rings is 1. The molecule has 1 aliphatic rings. The first-order valence-corrected chi connectivity index (χ1v) is 11.1. The molecule has 2 heterocycles. The summed E-state index contributed by atoms with van der Waals surface area (Å²) in [6.45, 7) is 4.48. The van der Waals surface area contributed by atoms with Gasteiger partial charge in [-0.15, -0.1) is 0 Å². The van der Waals surface area contributed by atoms with Gasteiger partial charge in [-0.25, -0.2) is 8.42 Å². The van der Waals surface area contributed by atoms with Crippen molar-refractivity contribution in [1.29, 1.82) is 0 Å². The van der Waals surface area contributed by atoms with Gasteiger partial charge in [-0.05, 0) is 6.07 Å². The van der Waals surface area contributed by atoms with Crippen molar-refractivity contribution in [2.45, 2.75) is 18.7 Å². The van der Waals surface area contributed by atoms with Crippen molar-refractivity contribution < 1.29 is 21.6 Å². The van der Waals surface area contributed by atoms with Crippen LogP contribution in [0.5, 0.6) is 0 Å². The van der Waals surface area contributed by atoms with E-state index >= 15 is 0 Å². The van der Waals surface area contributed by atoms with Crippen molar-refractivity contribution >= 4 is 26.1 Å². The maximum atomic E-state index is 12.8. The van der Waals surface area contributed by atoms with Gasteiger partial charge in [-0.3, -0.25) is 4.79 Å². The van der Waals surface area contributed by atoms with Gasteiger partial charge in [-0.1, -0.05) is 13.8 Å². The highest BCUT2D eigenvalue weighted by Crippen LogP contribution is 2.21. The van der Waals surface area contributed by atoms with Crippen LogP contribution in [0.2, 0.25) is 0 Å². The Hall–Kier alpha value is -1.47. The summed E-state index contributed by atoms with van der Waals surface area (Å²) in [5.41, 5.74) is 5.31. The molecule has 10 nitrogen and oxygen atoms in total. The zero-order valence-corrected chi connectivity index (χ0v) is 16.8. The smallest absolute Gasteiger partial charge is 0.282 e. The third kappa shape index (κ3) is 3.78. The van der Waals surface area contributed by atoms with Gasteiger partial charge in [0.05, 0.1) is 0 Å². The number of rotatable bonds is 7. The van der Waals surface area contributed by atoms with E-state index in [1.165, 1.54) is 36.8 Å². The number of nitrogens with two attached hydrogens (primary N) is 1. The standard InChI is InChI=1S/C14H25N5O5S2/c1-4-17(5-2)26(23,24)19-8-6-18(7-9-19)25(21,22)12-10-13(14(15)20)16(3)11-12/h10-11H,4-9H2,1-3H3,(H2,15,20). The Morgan fingerprint density at radius 2 is 1.58 bits per heavy atom. The second-order valence-electron chi connectivity index (χ2n) is 5.93. The van der Waals surface area contributed by atoms with Crippen LogP contribution in [0.3, 0.4) is 0 Å². The molecule has 0 bridgehead atoms. The normalized spacial score (nSPS) is 17.7. The van der Waals surface area contributed by atoms with E-state index < -0.39 is 26.1 Å². The maximum absolute atomic E-state index is 12.8. The molecular weight excluding hydrogens is 382 g/mol. The molecule has 1 amide bonds. The van der Waals surface area contributed by atoms with Crippen LogP contribution in [0, 0.1) is 0 Å². The molecule has 2 N–H and O–H groups in total. The number of hydrogen-bond donors (Lipinski definition) is 1. The van der Waals surface area contributed by atoms with Crippen LogP contribution in [0.25, 0.3) is 0 Å². The summed E-state index contributed by atoms with van der Waals surface area (Å²) in [6.07, 6.45) is 1.33. The van der Waals surface area contributed by atoms with E-state index in [4.69, 9.17) is 5.73 Å². The van der Waals surface area contributed by atoms with E-state index in [1.54, 1.807) is 13.8 Å².